The molecule has 2 aromatic rings. The Kier molecular flexibility index (Phi) is 5.13. The highest BCUT2D eigenvalue weighted by Crippen LogP contribution is 2.19. The van der Waals surface area contributed by atoms with Gasteiger partial charge in [-0.25, -0.2) is 4.39 Å². The second-order valence-electron chi connectivity index (χ2n) is 4.51. The normalized spacial score (nSPS) is 10.3. The smallest absolute Gasteiger partial charge is 0.224 e. The zero-order valence-electron chi connectivity index (χ0n) is 10.9. The summed E-state index contributed by atoms with van der Waals surface area (Å²) in [4.78, 5) is 11.7. The zero-order chi connectivity index (χ0) is 14.4. The first-order valence-electron chi connectivity index (χ1n) is 6.44. The van der Waals surface area contributed by atoms with E-state index in [2.05, 4.69) is 5.32 Å². The summed E-state index contributed by atoms with van der Waals surface area (Å²) in [7, 11) is 0. The summed E-state index contributed by atoms with van der Waals surface area (Å²) in [6, 6.07) is 14.1. The highest BCUT2D eigenvalue weighted by atomic mass is 35.5. The van der Waals surface area contributed by atoms with Gasteiger partial charge in [-0.05, 0) is 36.6 Å². The van der Waals surface area contributed by atoms with Crippen molar-refractivity contribution >= 4 is 23.2 Å². The van der Waals surface area contributed by atoms with E-state index in [1.54, 1.807) is 6.07 Å². The fraction of sp³-hybridized carbons (Fsp3) is 0.188. The molecule has 1 amide bonds. The molecule has 2 nitrogen and oxygen atoms in total. The van der Waals surface area contributed by atoms with Gasteiger partial charge in [0.15, 0.2) is 0 Å². The Balaban J connectivity index is 1.81. The number of benzene rings is 2. The van der Waals surface area contributed by atoms with Crippen LogP contribution in [0.15, 0.2) is 48.5 Å². The van der Waals surface area contributed by atoms with Gasteiger partial charge >= 0.3 is 0 Å². The predicted molar refractivity (Wildman–Crippen MR) is 79.4 cm³/mol. The maximum atomic E-state index is 13.5. The maximum absolute atomic E-state index is 13.5. The average molecular weight is 292 g/mol. The number of amides is 1. The van der Waals surface area contributed by atoms with Crippen LogP contribution in [0.4, 0.5) is 10.1 Å². The van der Waals surface area contributed by atoms with Crippen molar-refractivity contribution in [2.75, 3.05) is 5.32 Å². The molecule has 20 heavy (non-hydrogen) atoms. The van der Waals surface area contributed by atoms with Crippen LogP contribution in [0.3, 0.4) is 0 Å². The van der Waals surface area contributed by atoms with Crippen LogP contribution in [-0.4, -0.2) is 5.91 Å². The van der Waals surface area contributed by atoms with Gasteiger partial charge in [-0.3, -0.25) is 4.79 Å². The Bertz CT molecular complexity index is 586. The van der Waals surface area contributed by atoms with E-state index in [4.69, 9.17) is 11.6 Å². The van der Waals surface area contributed by atoms with E-state index in [1.807, 2.05) is 30.3 Å². The standard InChI is InChI=1S/C16H15ClFNO/c17-13-9-10-15(14(18)11-13)19-16(20)8-4-7-12-5-2-1-3-6-12/h1-3,5-6,9-11H,4,7-8H2,(H,19,20). The largest absolute Gasteiger partial charge is 0.324 e. The minimum Gasteiger partial charge on any atom is -0.324 e. The van der Waals surface area contributed by atoms with Gasteiger partial charge in [0.1, 0.15) is 5.82 Å². The van der Waals surface area contributed by atoms with Crippen LogP contribution < -0.4 is 5.32 Å². The Morgan fingerprint density at radius 1 is 1.15 bits per heavy atom. The number of carbonyl (C=O) groups excluding carboxylic acids is 1. The monoisotopic (exact) mass is 291 g/mol. The maximum Gasteiger partial charge on any atom is 0.224 e. The molecular formula is C16H15ClFNO. The van der Waals surface area contributed by atoms with Crippen molar-refractivity contribution in [3.63, 3.8) is 0 Å². The lowest BCUT2D eigenvalue weighted by Crippen LogP contribution is -2.12. The molecule has 4 heteroatoms. The fourth-order valence-electron chi connectivity index (χ4n) is 1.90. The van der Waals surface area contributed by atoms with E-state index >= 15 is 0 Å². The summed E-state index contributed by atoms with van der Waals surface area (Å²) in [5.74, 6) is -0.712. The Morgan fingerprint density at radius 3 is 2.60 bits per heavy atom. The molecular weight excluding hydrogens is 277 g/mol. The molecule has 2 rings (SSSR count). The van der Waals surface area contributed by atoms with Crippen molar-refractivity contribution < 1.29 is 9.18 Å². The lowest BCUT2D eigenvalue weighted by atomic mass is 10.1. The second-order valence-corrected chi connectivity index (χ2v) is 4.95. The van der Waals surface area contributed by atoms with E-state index in [-0.39, 0.29) is 11.6 Å². The van der Waals surface area contributed by atoms with Crippen molar-refractivity contribution in [2.24, 2.45) is 0 Å². The van der Waals surface area contributed by atoms with E-state index in [0.29, 0.717) is 11.4 Å². The molecule has 0 aliphatic heterocycles. The summed E-state index contributed by atoms with van der Waals surface area (Å²) in [5.41, 5.74) is 1.36. The Morgan fingerprint density at radius 2 is 1.90 bits per heavy atom. The number of halogens is 2. The number of carbonyl (C=O) groups is 1. The van der Waals surface area contributed by atoms with Crippen LogP contribution in [0.1, 0.15) is 18.4 Å². The molecule has 0 radical (unpaired) electrons. The topological polar surface area (TPSA) is 29.1 Å². The molecule has 104 valence electrons. The van der Waals surface area contributed by atoms with Crippen molar-refractivity contribution in [3.05, 3.63) is 64.9 Å². The molecule has 0 atom stereocenters. The quantitative estimate of drug-likeness (QED) is 0.867. The molecule has 0 saturated carbocycles. The molecule has 2 aromatic carbocycles. The van der Waals surface area contributed by atoms with Gasteiger partial charge in [-0.15, -0.1) is 0 Å². The van der Waals surface area contributed by atoms with Gasteiger partial charge in [0.05, 0.1) is 5.69 Å². The van der Waals surface area contributed by atoms with E-state index in [0.717, 1.165) is 12.8 Å². The number of rotatable bonds is 5. The number of anilines is 1. The highest BCUT2D eigenvalue weighted by molar-refractivity contribution is 6.30. The van der Waals surface area contributed by atoms with E-state index < -0.39 is 5.82 Å². The lowest BCUT2D eigenvalue weighted by molar-refractivity contribution is -0.116. The molecule has 0 saturated heterocycles. The average Bonchev–Trinajstić information content (AvgIpc) is 2.43. The van der Waals surface area contributed by atoms with Crippen LogP contribution in [0.5, 0.6) is 0 Å². The van der Waals surface area contributed by atoms with Crippen LogP contribution >= 0.6 is 11.6 Å². The van der Waals surface area contributed by atoms with Crippen molar-refractivity contribution in [2.45, 2.75) is 19.3 Å². The third-order valence-corrected chi connectivity index (χ3v) is 3.15. The molecule has 1 N–H and O–H groups in total. The molecule has 0 spiro atoms. The van der Waals surface area contributed by atoms with Crippen LogP contribution in [-0.2, 0) is 11.2 Å². The van der Waals surface area contributed by atoms with Gasteiger partial charge in [0, 0.05) is 11.4 Å². The summed E-state index contributed by atoms with van der Waals surface area (Å²) >= 11 is 5.65. The molecule has 0 bridgehead atoms. The van der Waals surface area contributed by atoms with Gasteiger partial charge < -0.3 is 5.32 Å². The van der Waals surface area contributed by atoms with Gasteiger partial charge in [0.25, 0.3) is 0 Å². The summed E-state index contributed by atoms with van der Waals surface area (Å²) < 4.78 is 13.5. The van der Waals surface area contributed by atoms with Crippen LogP contribution in [0, 0.1) is 5.82 Å². The SMILES string of the molecule is O=C(CCCc1ccccc1)Nc1ccc(Cl)cc1F. The number of aryl methyl sites for hydroxylation is 1. The first kappa shape index (κ1) is 14.5. The molecule has 0 fully saturated rings. The number of nitrogens with one attached hydrogen (secondary N) is 1. The predicted octanol–water partition coefficient (Wildman–Crippen LogP) is 4.44. The summed E-state index contributed by atoms with van der Waals surface area (Å²) in [6.45, 7) is 0. The van der Waals surface area contributed by atoms with Gasteiger partial charge in [-0.1, -0.05) is 41.9 Å². The first-order chi connectivity index (χ1) is 9.65. The first-order valence-corrected chi connectivity index (χ1v) is 6.82. The van der Waals surface area contributed by atoms with Crippen molar-refractivity contribution in [3.8, 4) is 0 Å². The van der Waals surface area contributed by atoms with Gasteiger partial charge in [0.2, 0.25) is 5.91 Å². The molecule has 0 aliphatic rings. The number of hydrogen-bond donors (Lipinski definition) is 1. The zero-order valence-corrected chi connectivity index (χ0v) is 11.7. The summed E-state index contributed by atoms with van der Waals surface area (Å²) in [6.07, 6.45) is 1.92. The second kappa shape index (κ2) is 7.06. The Hall–Kier alpha value is -1.87. The van der Waals surface area contributed by atoms with Crippen LogP contribution in [0.2, 0.25) is 5.02 Å². The lowest BCUT2D eigenvalue weighted by Gasteiger charge is -2.06. The molecule has 0 unspecified atom stereocenters. The third kappa shape index (κ3) is 4.35. The third-order valence-electron chi connectivity index (χ3n) is 2.92. The molecule has 0 heterocycles. The minimum atomic E-state index is -0.520. The molecule has 0 aromatic heterocycles. The van der Waals surface area contributed by atoms with Crippen LogP contribution in [0.25, 0.3) is 0 Å². The Labute approximate surface area is 122 Å². The van der Waals surface area contributed by atoms with Crippen molar-refractivity contribution in [1.82, 2.24) is 0 Å². The summed E-state index contributed by atoms with van der Waals surface area (Å²) in [5, 5.41) is 2.86. The highest BCUT2D eigenvalue weighted by Gasteiger charge is 2.07. The van der Waals surface area contributed by atoms with Crippen molar-refractivity contribution in [1.29, 1.82) is 0 Å². The van der Waals surface area contributed by atoms with Gasteiger partial charge in [-0.2, -0.15) is 0 Å². The minimum absolute atomic E-state index is 0.166. The number of hydrogen-bond acceptors (Lipinski definition) is 1. The van der Waals surface area contributed by atoms with E-state index in [9.17, 15) is 9.18 Å². The fourth-order valence-corrected chi connectivity index (χ4v) is 2.06. The van der Waals surface area contributed by atoms with E-state index in [1.165, 1.54) is 17.7 Å². The molecule has 0 aliphatic carbocycles.